The standard InChI is InChI=1S/C13H18FN3O2/c1-17(8-9-3-6-19-7-4-9)13(18)10-2-5-16-12(15)11(10)14/h2,5,9H,3-4,6-8H2,1H3,(H2,15,16). The van der Waals surface area contributed by atoms with E-state index < -0.39 is 5.82 Å². The number of amides is 1. The fourth-order valence-corrected chi connectivity index (χ4v) is 2.23. The van der Waals surface area contributed by atoms with Crippen LogP contribution in [0.4, 0.5) is 10.2 Å². The van der Waals surface area contributed by atoms with Crippen LogP contribution in [0.3, 0.4) is 0 Å². The molecule has 0 radical (unpaired) electrons. The van der Waals surface area contributed by atoms with Crippen molar-refractivity contribution in [1.29, 1.82) is 0 Å². The van der Waals surface area contributed by atoms with Gasteiger partial charge in [0.2, 0.25) is 0 Å². The number of rotatable bonds is 3. The Morgan fingerprint density at radius 2 is 2.26 bits per heavy atom. The molecule has 0 aromatic carbocycles. The van der Waals surface area contributed by atoms with Gasteiger partial charge in [-0.25, -0.2) is 9.37 Å². The van der Waals surface area contributed by atoms with Crippen molar-refractivity contribution in [2.45, 2.75) is 12.8 Å². The smallest absolute Gasteiger partial charge is 0.256 e. The second-order valence-electron chi connectivity index (χ2n) is 4.80. The van der Waals surface area contributed by atoms with E-state index in [1.807, 2.05) is 0 Å². The van der Waals surface area contributed by atoms with Crippen molar-refractivity contribution in [3.8, 4) is 0 Å². The zero-order chi connectivity index (χ0) is 13.8. The van der Waals surface area contributed by atoms with Crippen LogP contribution >= 0.6 is 0 Å². The predicted octanol–water partition coefficient (Wildman–Crippen LogP) is 1.30. The molecular formula is C13H18FN3O2. The molecule has 1 aliphatic heterocycles. The van der Waals surface area contributed by atoms with E-state index in [1.165, 1.54) is 17.2 Å². The van der Waals surface area contributed by atoms with E-state index in [0.717, 1.165) is 26.1 Å². The molecule has 2 N–H and O–H groups in total. The molecule has 0 atom stereocenters. The number of nitrogen functional groups attached to an aromatic ring is 1. The summed E-state index contributed by atoms with van der Waals surface area (Å²) in [5, 5.41) is 0. The van der Waals surface area contributed by atoms with Crippen LogP contribution < -0.4 is 5.73 Å². The van der Waals surface area contributed by atoms with Crippen molar-refractivity contribution in [1.82, 2.24) is 9.88 Å². The second-order valence-corrected chi connectivity index (χ2v) is 4.80. The van der Waals surface area contributed by atoms with Crippen LogP contribution in [0.1, 0.15) is 23.2 Å². The average Bonchev–Trinajstić information content (AvgIpc) is 2.42. The van der Waals surface area contributed by atoms with Gasteiger partial charge in [0, 0.05) is 33.0 Å². The summed E-state index contributed by atoms with van der Waals surface area (Å²) in [6.45, 7) is 2.05. The number of hydrogen-bond donors (Lipinski definition) is 1. The molecule has 0 bridgehead atoms. The summed E-state index contributed by atoms with van der Waals surface area (Å²) >= 11 is 0. The van der Waals surface area contributed by atoms with Crippen LogP contribution in [0.15, 0.2) is 12.3 Å². The van der Waals surface area contributed by atoms with Crippen LogP contribution in [-0.2, 0) is 4.74 Å². The molecule has 1 aliphatic rings. The van der Waals surface area contributed by atoms with Crippen LogP contribution in [0.5, 0.6) is 0 Å². The third-order valence-electron chi connectivity index (χ3n) is 3.37. The number of carbonyl (C=O) groups excluding carboxylic acids is 1. The van der Waals surface area contributed by atoms with Crippen LogP contribution in [-0.4, -0.2) is 42.6 Å². The summed E-state index contributed by atoms with van der Waals surface area (Å²) in [4.78, 5) is 17.3. The van der Waals surface area contributed by atoms with Gasteiger partial charge in [0.05, 0.1) is 5.56 Å². The lowest BCUT2D eigenvalue weighted by Crippen LogP contribution is -2.34. The number of hydrogen-bond acceptors (Lipinski definition) is 4. The fraction of sp³-hybridized carbons (Fsp3) is 0.538. The van der Waals surface area contributed by atoms with Gasteiger partial charge >= 0.3 is 0 Å². The topological polar surface area (TPSA) is 68.5 Å². The molecule has 104 valence electrons. The molecule has 6 heteroatoms. The SMILES string of the molecule is CN(CC1CCOCC1)C(=O)c1ccnc(N)c1F. The summed E-state index contributed by atoms with van der Waals surface area (Å²) in [6, 6.07) is 1.36. The predicted molar refractivity (Wildman–Crippen MR) is 69.1 cm³/mol. The molecule has 0 aliphatic carbocycles. The van der Waals surface area contributed by atoms with Gasteiger partial charge in [0.1, 0.15) is 0 Å². The van der Waals surface area contributed by atoms with Gasteiger partial charge in [-0.15, -0.1) is 0 Å². The monoisotopic (exact) mass is 267 g/mol. The number of nitrogens with two attached hydrogens (primary N) is 1. The second kappa shape index (κ2) is 5.97. The van der Waals surface area contributed by atoms with Gasteiger partial charge in [-0.3, -0.25) is 4.79 Å². The normalized spacial score (nSPS) is 16.3. The summed E-state index contributed by atoms with van der Waals surface area (Å²) in [5.41, 5.74) is 5.34. The zero-order valence-corrected chi connectivity index (χ0v) is 10.9. The first kappa shape index (κ1) is 13.7. The highest BCUT2D eigenvalue weighted by molar-refractivity contribution is 5.94. The third-order valence-corrected chi connectivity index (χ3v) is 3.37. The van der Waals surface area contributed by atoms with E-state index in [2.05, 4.69) is 4.98 Å². The van der Waals surface area contributed by atoms with Gasteiger partial charge in [-0.2, -0.15) is 0 Å². The molecule has 0 saturated carbocycles. The van der Waals surface area contributed by atoms with Gasteiger partial charge < -0.3 is 15.4 Å². The van der Waals surface area contributed by atoms with Gasteiger partial charge in [-0.1, -0.05) is 0 Å². The number of nitrogens with zero attached hydrogens (tertiary/aromatic N) is 2. The molecule has 2 rings (SSSR count). The lowest BCUT2D eigenvalue weighted by atomic mass is 9.99. The summed E-state index contributed by atoms with van der Waals surface area (Å²) in [7, 11) is 1.67. The first-order valence-electron chi connectivity index (χ1n) is 6.32. The molecule has 1 aromatic heterocycles. The molecule has 0 unspecified atom stereocenters. The first-order valence-corrected chi connectivity index (χ1v) is 6.32. The van der Waals surface area contributed by atoms with E-state index in [-0.39, 0.29) is 17.3 Å². The van der Waals surface area contributed by atoms with E-state index >= 15 is 0 Å². The molecular weight excluding hydrogens is 249 g/mol. The molecule has 19 heavy (non-hydrogen) atoms. The number of pyridine rings is 1. The number of ether oxygens (including phenoxy) is 1. The summed E-state index contributed by atoms with van der Waals surface area (Å²) in [6.07, 6.45) is 3.20. The lowest BCUT2D eigenvalue weighted by Gasteiger charge is -2.27. The Kier molecular flexibility index (Phi) is 4.31. The van der Waals surface area contributed by atoms with Gasteiger partial charge in [0.15, 0.2) is 11.6 Å². The number of aromatic nitrogens is 1. The van der Waals surface area contributed by atoms with Crippen molar-refractivity contribution >= 4 is 11.7 Å². The third kappa shape index (κ3) is 3.20. The average molecular weight is 267 g/mol. The lowest BCUT2D eigenvalue weighted by molar-refractivity contribution is 0.0495. The van der Waals surface area contributed by atoms with Crippen molar-refractivity contribution in [2.24, 2.45) is 5.92 Å². The van der Waals surface area contributed by atoms with Crippen LogP contribution in [0.2, 0.25) is 0 Å². The van der Waals surface area contributed by atoms with Crippen LogP contribution in [0, 0.1) is 11.7 Å². The highest BCUT2D eigenvalue weighted by atomic mass is 19.1. The quantitative estimate of drug-likeness (QED) is 0.896. The molecule has 5 nitrogen and oxygen atoms in total. The fourth-order valence-electron chi connectivity index (χ4n) is 2.23. The van der Waals surface area contributed by atoms with Crippen molar-refractivity contribution in [2.75, 3.05) is 32.5 Å². The molecule has 1 aromatic rings. The Bertz CT molecular complexity index is 461. The molecule has 1 saturated heterocycles. The maximum absolute atomic E-state index is 13.7. The van der Waals surface area contributed by atoms with Crippen LogP contribution in [0.25, 0.3) is 0 Å². The minimum atomic E-state index is -0.744. The highest BCUT2D eigenvalue weighted by Crippen LogP contribution is 2.18. The Labute approximate surface area is 111 Å². The Morgan fingerprint density at radius 3 is 2.95 bits per heavy atom. The number of halogens is 1. The maximum Gasteiger partial charge on any atom is 0.256 e. The zero-order valence-electron chi connectivity index (χ0n) is 10.9. The Morgan fingerprint density at radius 1 is 1.58 bits per heavy atom. The van der Waals surface area contributed by atoms with E-state index in [9.17, 15) is 9.18 Å². The van der Waals surface area contributed by atoms with E-state index in [0.29, 0.717) is 12.5 Å². The van der Waals surface area contributed by atoms with E-state index in [4.69, 9.17) is 10.5 Å². The summed E-state index contributed by atoms with van der Waals surface area (Å²) < 4.78 is 19.0. The molecule has 0 spiro atoms. The minimum Gasteiger partial charge on any atom is -0.381 e. The number of anilines is 1. The highest BCUT2D eigenvalue weighted by Gasteiger charge is 2.22. The molecule has 1 amide bonds. The van der Waals surface area contributed by atoms with E-state index in [1.54, 1.807) is 7.05 Å². The van der Waals surface area contributed by atoms with Gasteiger partial charge in [-0.05, 0) is 24.8 Å². The van der Waals surface area contributed by atoms with Gasteiger partial charge in [0.25, 0.3) is 5.91 Å². The first-order chi connectivity index (χ1) is 9.09. The Hall–Kier alpha value is -1.69. The minimum absolute atomic E-state index is 0.0259. The molecule has 1 fully saturated rings. The van der Waals surface area contributed by atoms with Crippen molar-refractivity contribution < 1.29 is 13.9 Å². The molecule has 2 heterocycles. The number of carbonyl (C=O) groups is 1. The summed E-state index contributed by atoms with van der Waals surface area (Å²) in [5.74, 6) is -0.945. The van der Waals surface area contributed by atoms with Crippen molar-refractivity contribution in [3.63, 3.8) is 0 Å². The van der Waals surface area contributed by atoms with Crippen molar-refractivity contribution in [3.05, 3.63) is 23.6 Å². The Balaban J connectivity index is 2.03. The largest absolute Gasteiger partial charge is 0.381 e. The maximum atomic E-state index is 13.7.